The minimum Gasteiger partial charge on any atom is -0.489 e. The third-order valence-electron chi connectivity index (χ3n) is 7.26. The van der Waals surface area contributed by atoms with E-state index in [1.807, 2.05) is 66.7 Å². The van der Waals surface area contributed by atoms with E-state index in [4.69, 9.17) is 28.4 Å². The first-order valence-corrected chi connectivity index (χ1v) is 14.8. The summed E-state index contributed by atoms with van der Waals surface area (Å²) in [5.41, 5.74) is 3.81. The van der Waals surface area contributed by atoms with Crippen LogP contribution in [0.25, 0.3) is 0 Å². The van der Waals surface area contributed by atoms with E-state index in [0.717, 1.165) is 29.4 Å². The van der Waals surface area contributed by atoms with E-state index in [9.17, 15) is 24.3 Å². The van der Waals surface area contributed by atoms with Crippen molar-refractivity contribution in [3.63, 3.8) is 0 Å². The Labute approximate surface area is 267 Å². The third-order valence-corrected chi connectivity index (χ3v) is 7.26. The molecule has 1 aliphatic heterocycles. The van der Waals surface area contributed by atoms with Gasteiger partial charge in [-0.15, -0.1) is 0 Å². The summed E-state index contributed by atoms with van der Waals surface area (Å²) >= 11 is 0. The van der Waals surface area contributed by atoms with E-state index in [1.165, 1.54) is 20.8 Å². The fourth-order valence-electron chi connectivity index (χ4n) is 5.32. The van der Waals surface area contributed by atoms with Crippen molar-refractivity contribution in [1.29, 1.82) is 0 Å². The lowest BCUT2D eigenvalue weighted by atomic mass is 9.87. The van der Waals surface area contributed by atoms with Crippen LogP contribution in [0.15, 0.2) is 72.8 Å². The van der Waals surface area contributed by atoms with Crippen LogP contribution < -0.4 is 4.74 Å². The van der Waals surface area contributed by atoms with Crippen LogP contribution >= 0.6 is 0 Å². The molecule has 46 heavy (non-hydrogen) atoms. The number of hydrogen-bond donors (Lipinski definition) is 1. The predicted octanol–water partition coefficient (Wildman–Crippen LogP) is 4.15. The maximum absolute atomic E-state index is 12.3. The molecule has 1 aliphatic rings. The van der Waals surface area contributed by atoms with Gasteiger partial charge in [-0.3, -0.25) is 19.2 Å². The van der Waals surface area contributed by atoms with Gasteiger partial charge in [-0.1, -0.05) is 60.7 Å². The summed E-state index contributed by atoms with van der Waals surface area (Å²) < 4.78 is 34.1. The second-order valence-electron chi connectivity index (χ2n) is 10.9. The number of aliphatic hydroxyl groups is 1. The molecule has 244 valence electrons. The van der Waals surface area contributed by atoms with Crippen LogP contribution in [0.1, 0.15) is 61.6 Å². The van der Waals surface area contributed by atoms with Gasteiger partial charge in [0, 0.05) is 27.7 Å². The van der Waals surface area contributed by atoms with Gasteiger partial charge in [0.25, 0.3) is 0 Å². The SMILES string of the molecule is CC(=O)OC[C@H]1O[C@@H](c2cc(Cc3ccc(OCc4ccccc4)cc3)ccc2CO)[C@H](OC(C)=O)[C@@H](OC(C)=O)[C@@H]1OC(C)=O. The second kappa shape index (κ2) is 16.0. The summed E-state index contributed by atoms with van der Waals surface area (Å²) in [4.78, 5) is 48.3. The molecule has 0 aromatic heterocycles. The summed E-state index contributed by atoms with van der Waals surface area (Å²) in [7, 11) is 0. The number of carbonyl (C=O) groups is 4. The molecule has 11 heteroatoms. The first-order valence-electron chi connectivity index (χ1n) is 14.8. The van der Waals surface area contributed by atoms with Crippen molar-refractivity contribution in [2.75, 3.05) is 6.61 Å². The Kier molecular flexibility index (Phi) is 11.9. The first kappa shape index (κ1) is 34.1. The Balaban J connectivity index is 1.65. The van der Waals surface area contributed by atoms with Gasteiger partial charge < -0.3 is 33.5 Å². The number of aliphatic hydroxyl groups excluding tert-OH is 1. The Hall–Kier alpha value is -4.74. The van der Waals surface area contributed by atoms with Crippen molar-refractivity contribution in [3.8, 4) is 5.75 Å². The molecule has 0 radical (unpaired) electrons. The lowest BCUT2D eigenvalue weighted by Crippen LogP contribution is -2.59. The Morgan fingerprint density at radius 2 is 1.30 bits per heavy atom. The van der Waals surface area contributed by atoms with Gasteiger partial charge in [0.1, 0.15) is 31.2 Å². The van der Waals surface area contributed by atoms with Crippen LogP contribution in [0.2, 0.25) is 0 Å². The van der Waals surface area contributed by atoms with Crippen LogP contribution in [-0.4, -0.2) is 60.0 Å². The van der Waals surface area contributed by atoms with E-state index >= 15 is 0 Å². The van der Waals surface area contributed by atoms with E-state index in [0.29, 0.717) is 24.2 Å². The topological polar surface area (TPSA) is 144 Å². The highest BCUT2D eigenvalue weighted by molar-refractivity contribution is 5.69. The summed E-state index contributed by atoms with van der Waals surface area (Å²) in [6.07, 6.45) is -5.57. The molecule has 11 nitrogen and oxygen atoms in total. The van der Waals surface area contributed by atoms with Gasteiger partial charge >= 0.3 is 23.9 Å². The lowest BCUT2D eigenvalue weighted by molar-refractivity contribution is -0.254. The van der Waals surface area contributed by atoms with E-state index < -0.39 is 54.4 Å². The minimum absolute atomic E-state index is 0.346. The fourth-order valence-corrected chi connectivity index (χ4v) is 5.32. The van der Waals surface area contributed by atoms with Crippen molar-refractivity contribution in [2.24, 2.45) is 0 Å². The van der Waals surface area contributed by atoms with E-state index in [2.05, 4.69) is 0 Å². The van der Waals surface area contributed by atoms with Crippen LogP contribution in [0.4, 0.5) is 0 Å². The van der Waals surface area contributed by atoms with Crippen LogP contribution in [0.3, 0.4) is 0 Å². The Bertz CT molecular complexity index is 1500. The number of rotatable bonds is 12. The molecule has 0 amide bonds. The average molecular weight is 635 g/mol. The zero-order valence-electron chi connectivity index (χ0n) is 26.2. The van der Waals surface area contributed by atoms with E-state index in [-0.39, 0.29) is 13.2 Å². The monoisotopic (exact) mass is 634 g/mol. The second-order valence-corrected chi connectivity index (χ2v) is 10.9. The molecule has 0 unspecified atom stereocenters. The molecule has 1 saturated heterocycles. The molecule has 1 fully saturated rings. The Morgan fingerprint density at radius 1 is 0.696 bits per heavy atom. The third kappa shape index (κ3) is 9.38. The molecule has 0 spiro atoms. The maximum Gasteiger partial charge on any atom is 0.303 e. The number of carbonyl (C=O) groups excluding carboxylic acids is 4. The molecular formula is C35H38O11. The zero-order chi connectivity index (χ0) is 33.2. The van der Waals surface area contributed by atoms with E-state index in [1.54, 1.807) is 6.07 Å². The van der Waals surface area contributed by atoms with Gasteiger partial charge in [0.05, 0.1) is 6.61 Å². The quantitative estimate of drug-likeness (QED) is 0.227. The summed E-state index contributed by atoms with van der Waals surface area (Å²) in [6.45, 7) is 4.44. The summed E-state index contributed by atoms with van der Waals surface area (Å²) in [6, 6.07) is 22.9. The van der Waals surface area contributed by atoms with Crippen LogP contribution in [0, 0.1) is 0 Å². The molecule has 4 rings (SSSR count). The predicted molar refractivity (Wildman–Crippen MR) is 163 cm³/mol. The first-order chi connectivity index (χ1) is 22.0. The normalized spacial score (nSPS) is 20.7. The molecule has 3 aromatic carbocycles. The van der Waals surface area contributed by atoms with Crippen molar-refractivity contribution >= 4 is 23.9 Å². The van der Waals surface area contributed by atoms with Gasteiger partial charge in [-0.2, -0.15) is 0 Å². The van der Waals surface area contributed by atoms with Crippen LogP contribution in [0.5, 0.6) is 5.75 Å². The number of esters is 4. The van der Waals surface area contributed by atoms with Gasteiger partial charge in [0.2, 0.25) is 0 Å². The molecule has 5 atom stereocenters. The smallest absolute Gasteiger partial charge is 0.303 e. The molecule has 0 saturated carbocycles. The summed E-state index contributed by atoms with van der Waals surface area (Å²) in [5, 5.41) is 10.3. The standard InChI is InChI=1S/C35H38O11/c1-21(37)41-20-31-33(43-22(2)38)35(45-24(4)40)34(44-23(3)39)32(46-31)30-17-27(10-13-28(30)18-36)16-25-11-14-29(15-12-25)42-19-26-8-6-5-7-9-26/h5-15,17,31-36H,16,18-20H2,1-4H3/t31-,32+,33-,34+,35+/m1/s1. The highest BCUT2D eigenvalue weighted by Crippen LogP contribution is 2.39. The van der Waals surface area contributed by atoms with Crippen molar-refractivity contribution in [2.45, 2.75) is 77.8 Å². The van der Waals surface area contributed by atoms with Crippen LogP contribution in [-0.2, 0) is 62.5 Å². The van der Waals surface area contributed by atoms with Crippen molar-refractivity contribution < 1.29 is 52.7 Å². The average Bonchev–Trinajstić information content (AvgIpc) is 3.01. The summed E-state index contributed by atoms with van der Waals surface area (Å²) in [5.74, 6) is -2.03. The zero-order valence-corrected chi connectivity index (χ0v) is 26.2. The largest absolute Gasteiger partial charge is 0.489 e. The molecule has 0 aliphatic carbocycles. The van der Waals surface area contributed by atoms with Gasteiger partial charge in [-0.25, -0.2) is 0 Å². The minimum atomic E-state index is -1.32. The van der Waals surface area contributed by atoms with Crippen molar-refractivity contribution in [1.82, 2.24) is 0 Å². The molecule has 1 N–H and O–H groups in total. The lowest BCUT2D eigenvalue weighted by Gasteiger charge is -2.45. The molecule has 1 heterocycles. The number of hydrogen-bond acceptors (Lipinski definition) is 11. The Morgan fingerprint density at radius 3 is 1.91 bits per heavy atom. The molecule has 3 aromatic rings. The molecule has 0 bridgehead atoms. The fraction of sp³-hybridized carbons (Fsp3) is 0.371. The number of benzene rings is 3. The van der Waals surface area contributed by atoms with Gasteiger partial charge in [-0.05, 0) is 46.4 Å². The number of ether oxygens (including phenoxy) is 6. The maximum atomic E-state index is 12.3. The van der Waals surface area contributed by atoms with Crippen molar-refractivity contribution in [3.05, 3.63) is 101 Å². The van der Waals surface area contributed by atoms with Gasteiger partial charge in [0.15, 0.2) is 18.3 Å². The highest BCUT2D eigenvalue weighted by Gasteiger charge is 2.53. The highest BCUT2D eigenvalue weighted by atomic mass is 16.7. The molecular weight excluding hydrogens is 596 g/mol.